The predicted octanol–water partition coefficient (Wildman–Crippen LogP) is 5.30. The third-order valence-electron chi connectivity index (χ3n) is 5.38. The molecule has 1 N–H and O–H groups in total. The van der Waals surface area contributed by atoms with E-state index in [4.69, 9.17) is 30.5 Å². The first-order chi connectivity index (χ1) is 18.3. The molecule has 4 rings (SSSR count). The number of carbonyl (C=O) groups is 3. The van der Waals surface area contributed by atoms with Crippen molar-refractivity contribution in [2.24, 2.45) is 5.92 Å². The van der Waals surface area contributed by atoms with Crippen molar-refractivity contribution in [1.82, 2.24) is 5.32 Å². The number of esters is 1. The summed E-state index contributed by atoms with van der Waals surface area (Å²) in [5.74, 6) is 0.242. The minimum atomic E-state index is -0.879. The van der Waals surface area contributed by atoms with Gasteiger partial charge in [0.1, 0.15) is 11.4 Å². The fourth-order valence-electron chi connectivity index (χ4n) is 3.40. The second kappa shape index (κ2) is 12.3. The zero-order valence-corrected chi connectivity index (χ0v) is 21.6. The molecule has 8 nitrogen and oxygen atoms in total. The van der Waals surface area contributed by atoms with Crippen LogP contribution in [-0.4, -0.2) is 37.7 Å². The van der Waals surface area contributed by atoms with Crippen molar-refractivity contribution in [2.45, 2.75) is 13.8 Å². The highest BCUT2D eigenvalue weighted by Gasteiger charge is 2.19. The summed E-state index contributed by atoms with van der Waals surface area (Å²) in [5.41, 5.74) is 1.05. The number of amides is 1. The highest BCUT2D eigenvalue weighted by atomic mass is 35.5. The number of benzene rings is 3. The quantitative estimate of drug-likeness (QED) is 0.213. The molecule has 196 valence electrons. The first kappa shape index (κ1) is 26.8. The fourth-order valence-corrected chi connectivity index (χ4v) is 3.53. The van der Waals surface area contributed by atoms with Crippen LogP contribution in [0.15, 0.2) is 72.4 Å². The van der Waals surface area contributed by atoms with Gasteiger partial charge in [-0.05, 0) is 78.2 Å². The van der Waals surface area contributed by atoms with Crippen molar-refractivity contribution in [3.05, 3.63) is 94.1 Å². The van der Waals surface area contributed by atoms with Crippen LogP contribution in [0, 0.1) is 5.92 Å². The van der Waals surface area contributed by atoms with Gasteiger partial charge >= 0.3 is 5.97 Å². The van der Waals surface area contributed by atoms with Crippen LogP contribution >= 0.6 is 11.6 Å². The predicted molar refractivity (Wildman–Crippen MR) is 142 cm³/mol. The lowest BCUT2D eigenvalue weighted by atomic mass is 10.1. The van der Waals surface area contributed by atoms with E-state index in [1.54, 1.807) is 54.6 Å². The summed E-state index contributed by atoms with van der Waals surface area (Å²) in [5, 5.41) is 3.08. The smallest absolute Gasteiger partial charge is 0.355 e. The molecule has 1 aliphatic rings. The minimum absolute atomic E-state index is 0.0951. The zero-order valence-electron chi connectivity index (χ0n) is 20.9. The van der Waals surface area contributed by atoms with Gasteiger partial charge in [0.05, 0.1) is 6.61 Å². The fraction of sp³-hybridized carbons (Fsp3) is 0.207. The molecule has 0 saturated heterocycles. The molecule has 1 aliphatic heterocycles. The first-order valence-electron chi connectivity index (χ1n) is 11.9. The Hall–Kier alpha value is -4.30. The van der Waals surface area contributed by atoms with Crippen LogP contribution in [0.3, 0.4) is 0 Å². The number of ether oxygens (including phenoxy) is 4. The highest BCUT2D eigenvalue weighted by molar-refractivity contribution is 6.30. The van der Waals surface area contributed by atoms with Gasteiger partial charge in [0.15, 0.2) is 23.9 Å². The van der Waals surface area contributed by atoms with Crippen molar-refractivity contribution >= 4 is 35.3 Å². The van der Waals surface area contributed by atoms with Crippen LogP contribution in [0.25, 0.3) is 6.08 Å². The van der Waals surface area contributed by atoms with E-state index < -0.39 is 24.3 Å². The highest BCUT2D eigenvalue weighted by Crippen LogP contribution is 2.33. The number of hydrogen-bond donors (Lipinski definition) is 1. The van der Waals surface area contributed by atoms with Gasteiger partial charge in [0.25, 0.3) is 5.91 Å². The summed E-state index contributed by atoms with van der Waals surface area (Å²) in [6, 6.07) is 17.8. The average Bonchev–Trinajstić information content (AvgIpc) is 3.38. The van der Waals surface area contributed by atoms with Gasteiger partial charge in [-0.3, -0.25) is 9.59 Å². The van der Waals surface area contributed by atoms with Crippen LogP contribution in [-0.2, 0) is 9.53 Å². The Morgan fingerprint density at radius 2 is 1.63 bits per heavy atom. The van der Waals surface area contributed by atoms with E-state index in [0.717, 1.165) is 0 Å². The van der Waals surface area contributed by atoms with Crippen LogP contribution in [0.5, 0.6) is 17.2 Å². The summed E-state index contributed by atoms with van der Waals surface area (Å²) in [7, 11) is 0. The number of rotatable bonds is 10. The maximum atomic E-state index is 13.0. The topological polar surface area (TPSA) is 100 Å². The second-order valence-electron chi connectivity index (χ2n) is 8.86. The number of fused-ring (bicyclic) bond motifs is 1. The third kappa shape index (κ3) is 7.14. The zero-order chi connectivity index (χ0) is 27.1. The number of hydrogen-bond acceptors (Lipinski definition) is 7. The Labute approximate surface area is 225 Å². The monoisotopic (exact) mass is 535 g/mol. The first-order valence-corrected chi connectivity index (χ1v) is 12.3. The molecular weight excluding hydrogens is 510 g/mol. The normalized spacial score (nSPS) is 12.3. The molecule has 0 spiro atoms. The number of halogens is 1. The lowest BCUT2D eigenvalue weighted by molar-refractivity contribution is -0.138. The largest absolute Gasteiger partial charge is 0.493 e. The van der Waals surface area contributed by atoms with Gasteiger partial charge in [0, 0.05) is 16.1 Å². The number of carbonyl (C=O) groups excluding carboxylic acids is 3. The van der Waals surface area contributed by atoms with E-state index in [1.165, 1.54) is 18.2 Å². The lowest BCUT2D eigenvalue weighted by Crippen LogP contribution is -2.29. The van der Waals surface area contributed by atoms with Crippen molar-refractivity contribution in [3.8, 4) is 17.2 Å². The molecule has 0 radical (unpaired) electrons. The summed E-state index contributed by atoms with van der Waals surface area (Å²) >= 11 is 5.87. The standard InChI is InChI=1S/C29H26ClNO7/c1-18(2)15-35-23-10-6-21(7-11-23)28(33)31-24(13-19-3-12-26-27(14-19)38-17-37-26)29(34)36-16-25(32)20-4-8-22(30)9-5-20/h3-14,18H,15-17H2,1-2H3,(H,31,33)/b24-13+. The molecule has 1 heterocycles. The molecule has 3 aromatic rings. The van der Waals surface area contributed by atoms with E-state index in [9.17, 15) is 14.4 Å². The van der Waals surface area contributed by atoms with Crippen molar-refractivity contribution in [3.63, 3.8) is 0 Å². The molecule has 0 aromatic heterocycles. The maximum absolute atomic E-state index is 13.0. The molecule has 0 unspecified atom stereocenters. The van der Waals surface area contributed by atoms with Crippen molar-refractivity contribution in [2.75, 3.05) is 20.0 Å². The van der Waals surface area contributed by atoms with Gasteiger partial charge in [-0.25, -0.2) is 4.79 Å². The summed E-state index contributed by atoms with van der Waals surface area (Å²) in [6.07, 6.45) is 1.44. The number of Topliss-reactive ketones (excluding diaryl/α,β-unsaturated/α-hetero) is 1. The molecule has 0 fully saturated rings. The van der Waals surface area contributed by atoms with Crippen LogP contribution < -0.4 is 19.5 Å². The van der Waals surface area contributed by atoms with E-state index in [2.05, 4.69) is 5.32 Å². The van der Waals surface area contributed by atoms with Gasteiger partial charge in [-0.15, -0.1) is 0 Å². The molecule has 0 bridgehead atoms. The number of nitrogens with one attached hydrogen (secondary N) is 1. The van der Waals surface area contributed by atoms with E-state index in [-0.39, 0.29) is 12.5 Å². The lowest BCUT2D eigenvalue weighted by Gasteiger charge is -2.12. The SMILES string of the molecule is CC(C)COc1ccc(C(=O)N/C(=C/c2ccc3c(c2)OCO3)C(=O)OCC(=O)c2ccc(Cl)cc2)cc1. The maximum Gasteiger partial charge on any atom is 0.355 e. The minimum Gasteiger partial charge on any atom is -0.493 e. The Kier molecular flexibility index (Phi) is 8.66. The van der Waals surface area contributed by atoms with Gasteiger partial charge in [-0.1, -0.05) is 31.5 Å². The summed E-state index contributed by atoms with van der Waals surface area (Å²) in [6.45, 7) is 4.21. The Balaban J connectivity index is 1.50. The van der Waals surface area contributed by atoms with E-state index >= 15 is 0 Å². The summed E-state index contributed by atoms with van der Waals surface area (Å²) in [4.78, 5) is 38.4. The molecule has 9 heteroatoms. The Bertz CT molecular complexity index is 1350. The van der Waals surface area contributed by atoms with Crippen LogP contribution in [0.2, 0.25) is 5.02 Å². The average molecular weight is 536 g/mol. The second-order valence-corrected chi connectivity index (χ2v) is 9.30. The Morgan fingerprint density at radius 3 is 2.34 bits per heavy atom. The van der Waals surface area contributed by atoms with Crippen molar-refractivity contribution < 1.29 is 33.3 Å². The van der Waals surface area contributed by atoms with E-state index in [0.29, 0.717) is 51.5 Å². The molecule has 38 heavy (non-hydrogen) atoms. The molecule has 3 aromatic carbocycles. The third-order valence-corrected chi connectivity index (χ3v) is 5.63. The van der Waals surface area contributed by atoms with E-state index in [1.807, 2.05) is 13.8 Å². The molecule has 0 atom stereocenters. The molecular formula is C29H26ClNO7. The van der Waals surface area contributed by atoms with Gasteiger partial charge in [0.2, 0.25) is 6.79 Å². The van der Waals surface area contributed by atoms with Crippen molar-refractivity contribution in [1.29, 1.82) is 0 Å². The molecule has 0 saturated carbocycles. The Morgan fingerprint density at radius 1 is 0.947 bits per heavy atom. The van der Waals surface area contributed by atoms with Gasteiger partial charge in [-0.2, -0.15) is 0 Å². The van der Waals surface area contributed by atoms with Gasteiger partial charge < -0.3 is 24.3 Å². The van der Waals surface area contributed by atoms with Crippen LogP contribution in [0.1, 0.15) is 40.1 Å². The van der Waals surface area contributed by atoms with Crippen LogP contribution in [0.4, 0.5) is 0 Å². The molecule has 1 amide bonds. The summed E-state index contributed by atoms with van der Waals surface area (Å²) < 4.78 is 21.6. The number of ketones is 1. The molecule has 0 aliphatic carbocycles.